The molecule has 3 saturated heterocycles. The summed E-state index contributed by atoms with van der Waals surface area (Å²) >= 11 is 0. The molecule has 1 amide bonds. The lowest BCUT2D eigenvalue weighted by Gasteiger charge is -2.45. The molecule has 5 heteroatoms. The van der Waals surface area contributed by atoms with Gasteiger partial charge in [0.2, 0.25) is 5.91 Å². The Bertz CT molecular complexity index is 337. The number of carboxylic acid groups (broad SMARTS) is 1. The second-order valence-electron chi connectivity index (χ2n) is 5.67. The van der Waals surface area contributed by atoms with Crippen LogP contribution in [0.1, 0.15) is 26.7 Å². The molecule has 0 saturated carbocycles. The Morgan fingerprint density at radius 2 is 1.83 bits per heavy atom. The smallest absolute Gasteiger partial charge is 0.307 e. The molecule has 0 aromatic carbocycles. The van der Waals surface area contributed by atoms with Crippen LogP contribution in [0.2, 0.25) is 0 Å². The second-order valence-corrected chi connectivity index (χ2v) is 5.67. The molecule has 3 aliphatic heterocycles. The van der Waals surface area contributed by atoms with Crippen LogP contribution in [0, 0.1) is 17.8 Å². The number of carboxylic acids is 1. The minimum atomic E-state index is -0.911. The van der Waals surface area contributed by atoms with Gasteiger partial charge in [-0.3, -0.25) is 9.59 Å². The maximum Gasteiger partial charge on any atom is 0.307 e. The fourth-order valence-corrected chi connectivity index (χ4v) is 2.88. The molecule has 3 atom stereocenters. The SMILES string of the molecule is CC(C(=O)O)C(C)C(=O)NC1CN2CCC1CC2. The highest BCUT2D eigenvalue weighted by Crippen LogP contribution is 2.27. The highest BCUT2D eigenvalue weighted by Gasteiger charge is 2.36. The van der Waals surface area contributed by atoms with Crippen LogP contribution in [-0.4, -0.2) is 47.6 Å². The second kappa shape index (κ2) is 5.26. The van der Waals surface area contributed by atoms with Crippen LogP contribution in [0.4, 0.5) is 0 Å². The average molecular weight is 254 g/mol. The summed E-state index contributed by atoms with van der Waals surface area (Å²) in [6, 6.07) is 0.212. The van der Waals surface area contributed by atoms with Crippen LogP contribution in [0.5, 0.6) is 0 Å². The number of carbonyl (C=O) groups excluding carboxylic acids is 1. The maximum atomic E-state index is 12.0. The van der Waals surface area contributed by atoms with E-state index in [2.05, 4.69) is 10.2 Å². The number of rotatable bonds is 4. The predicted molar refractivity (Wildman–Crippen MR) is 67.1 cm³/mol. The third-order valence-corrected chi connectivity index (χ3v) is 4.54. The molecule has 102 valence electrons. The van der Waals surface area contributed by atoms with Crippen molar-refractivity contribution in [1.82, 2.24) is 10.2 Å². The molecule has 3 aliphatic rings. The Balaban J connectivity index is 1.89. The number of fused-ring (bicyclic) bond motifs is 3. The summed E-state index contributed by atoms with van der Waals surface area (Å²) in [5, 5.41) is 12.0. The first kappa shape index (κ1) is 13.3. The molecular formula is C13H22N2O3. The number of carbonyl (C=O) groups is 2. The Kier molecular flexibility index (Phi) is 3.90. The van der Waals surface area contributed by atoms with Gasteiger partial charge < -0.3 is 15.3 Å². The first-order valence-corrected chi connectivity index (χ1v) is 6.74. The van der Waals surface area contributed by atoms with Gasteiger partial charge in [0.15, 0.2) is 0 Å². The molecule has 3 heterocycles. The summed E-state index contributed by atoms with van der Waals surface area (Å²) in [6.07, 6.45) is 2.29. The fourth-order valence-electron chi connectivity index (χ4n) is 2.88. The van der Waals surface area contributed by atoms with E-state index in [4.69, 9.17) is 5.11 Å². The Morgan fingerprint density at radius 1 is 1.22 bits per heavy atom. The molecule has 0 aromatic rings. The Hall–Kier alpha value is -1.10. The van der Waals surface area contributed by atoms with Crippen molar-refractivity contribution in [3.8, 4) is 0 Å². The zero-order valence-corrected chi connectivity index (χ0v) is 11.1. The van der Waals surface area contributed by atoms with Gasteiger partial charge in [-0.1, -0.05) is 13.8 Å². The van der Waals surface area contributed by atoms with E-state index in [1.807, 2.05) is 0 Å². The molecule has 3 unspecified atom stereocenters. The number of aliphatic carboxylic acids is 1. The zero-order chi connectivity index (χ0) is 13.3. The van der Waals surface area contributed by atoms with Crippen LogP contribution >= 0.6 is 0 Å². The van der Waals surface area contributed by atoms with E-state index in [1.54, 1.807) is 13.8 Å². The Morgan fingerprint density at radius 3 is 2.28 bits per heavy atom. The minimum absolute atomic E-state index is 0.122. The van der Waals surface area contributed by atoms with Gasteiger partial charge in [0.05, 0.1) is 5.92 Å². The topological polar surface area (TPSA) is 69.6 Å². The summed E-state index contributed by atoms with van der Waals surface area (Å²) in [6.45, 7) is 6.47. The van der Waals surface area contributed by atoms with E-state index >= 15 is 0 Å². The average Bonchev–Trinajstić information content (AvgIpc) is 2.38. The van der Waals surface area contributed by atoms with Gasteiger partial charge in [-0.05, 0) is 31.8 Å². The van der Waals surface area contributed by atoms with Crippen LogP contribution in [0.3, 0.4) is 0 Å². The summed E-state index contributed by atoms with van der Waals surface area (Å²) in [4.78, 5) is 25.3. The van der Waals surface area contributed by atoms with Crippen LogP contribution in [0.25, 0.3) is 0 Å². The van der Waals surface area contributed by atoms with Crippen molar-refractivity contribution in [2.75, 3.05) is 19.6 Å². The van der Waals surface area contributed by atoms with Gasteiger partial charge in [-0.25, -0.2) is 0 Å². The molecule has 3 fully saturated rings. The first-order chi connectivity index (χ1) is 8.49. The van der Waals surface area contributed by atoms with Gasteiger partial charge in [0, 0.05) is 18.5 Å². The predicted octanol–water partition coefficient (Wildman–Crippen LogP) is 0.554. The summed E-state index contributed by atoms with van der Waals surface area (Å²) in [5.41, 5.74) is 0. The van der Waals surface area contributed by atoms with E-state index in [0.29, 0.717) is 5.92 Å². The van der Waals surface area contributed by atoms with Crippen molar-refractivity contribution in [3.63, 3.8) is 0 Å². The summed E-state index contributed by atoms with van der Waals surface area (Å²) in [5.74, 6) is -1.56. The standard InChI is InChI=1S/C13H22N2O3/c1-8(9(2)13(17)18)12(16)14-11-7-15-5-3-10(11)4-6-15/h8-11H,3-7H2,1-2H3,(H,14,16)(H,17,18). The van der Waals surface area contributed by atoms with Crippen molar-refractivity contribution >= 4 is 11.9 Å². The number of piperidine rings is 3. The lowest BCUT2D eigenvalue weighted by Crippen LogP contribution is -2.58. The van der Waals surface area contributed by atoms with Crippen LogP contribution < -0.4 is 5.32 Å². The van der Waals surface area contributed by atoms with Gasteiger partial charge >= 0.3 is 5.97 Å². The van der Waals surface area contributed by atoms with Gasteiger partial charge in [0.1, 0.15) is 0 Å². The molecule has 0 aliphatic carbocycles. The molecule has 2 N–H and O–H groups in total. The normalized spacial score (nSPS) is 33.8. The molecule has 0 spiro atoms. The van der Waals surface area contributed by atoms with Gasteiger partial charge in [-0.2, -0.15) is 0 Å². The van der Waals surface area contributed by atoms with Crippen LogP contribution in [0.15, 0.2) is 0 Å². The summed E-state index contributed by atoms with van der Waals surface area (Å²) < 4.78 is 0. The fraction of sp³-hybridized carbons (Fsp3) is 0.846. The molecule has 3 rings (SSSR count). The third kappa shape index (κ3) is 2.66. The highest BCUT2D eigenvalue weighted by molar-refractivity contribution is 5.84. The number of nitrogens with one attached hydrogen (secondary N) is 1. The highest BCUT2D eigenvalue weighted by atomic mass is 16.4. The number of amides is 1. The first-order valence-electron chi connectivity index (χ1n) is 6.74. The number of hydrogen-bond acceptors (Lipinski definition) is 3. The monoisotopic (exact) mass is 254 g/mol. The van der Waals surface area contributed by atoms with Crippen molar-refractivity contribution in [3.05, 3.63) is 0 Å². The van der Waals surface area contributed by atoms with E-state index in [1.165, 1.54) is 0 Å². The van der Waals surface area contributed by atoms with E-state index in [9.17, 15) is 9.59 Å². The van der Waals surface area contributed by atoms with Crippen molar-refractivity contribution in [2.45, 2.75) is 32.7 Å². The van der Waals surface area contributed by atoms with Crippen molar-refractivity contribution in [2.24, 2.45) is 17.8 Å². The largest absolute Gasteiger partial charge is 0.481 e. The van der Waals surface area contributed by atoms with Crippen molar-refractivity contribution < 1.29 is 14.7 Å². The lowest BCUT2D eigenvalue weighted by atomic mass is 9.83. The summed E-state index contributed by atoms with van der Waals surface area (Å²) in [7, 11) is 0. The molecule has 5 nitrogen and oxygen atoms in total. The molecule has 0 radical (unpaired) electrons. The maximum absolute atomic E-state index is 12.0. The van der Waals surface area contributed by atoms with Gasteiger partial charge in [0.25, 0.3) is 0 Å². The van der Waals surface area contributed by atoms with E-state index in [-0.39, 0.29) is 11.9 Å². The van der Waals surface area contributed by atoms with Gasteiger partial charge in [-0.15, -0.1) is 0 Å². The minimum Gasteiger partial charge on any atom is -0.481 e. The lowest BCUT2D eigenvalue weighted by molar-refractivity contribution is -0.146. The molecular weight excluding hydrogens is 232 g/mol. The van der Waals surface area contributed by atoms with Crippen LogP contribution in [-0.2, 0) is 9.59 Å². The molecule has 0 aromatic heterocycles. The quantitative estimate of drug-likeness (QED) is 0.769. The van der Waals surface area contributed by atoms with Crippen molar-refractivity contribution in [1.29, 1.82) is 0 Å². The zero-order valence-electron chi connectivity index (χ0n) is 11.1. The van der Waals surface area contributed by atoms with E-state index in [0.717, 1.165) is 32.5 Å². The number of nitrogens with zero attached hydrogens (tertiary/aromatic N) is 1. The molecule has 18 heavy (non-hydrogen) atoms. The Labute approximate surface area is 108 Å². The van der Waals surface area contributed by atoms with E-state index < -0.39 is 17.8 Å². The third-order valence-electron chi connectivity index (χ3n) is 4.54. The molecule has 2 bridgehead atoms. The number of hydrogen-bond donors (Lipinski definition) is 2.